The van der Waals surface area contributed by atoms with E-state index in [1.807, 2.05) is 13.8 Å². The Kier molecular flexibility index (Phi) is 4.13. The number of rotatable bonds is 4. The molecule has 1 aliphatic rings. The zero-order valence-electron chi connectivity index (χ0n) is 11.5. The standard InChI is InChI=1S/C13H20N2O3S/c1-9-6-12(7-10(2)13(9)18-3)19(16,17)15-11-4-5-14-8-11/h6-7,11,14-15H,4-5,8H2,1-3H3. The second kappa shape index (κ2) is 5.48. The van der Waals surface area contributed by atoms with Crippen molar-refractivity contribution in [3.05, 3.63) is 23.3 Å². The molecule has 106 valence electrons. The second-order valence-electron chi connectivity index (χ2n) is 4.90. The lowest BCUT2D eigenvalue weighted by atomic mass is 10.1. The topological polar surface area (TPSA) is 67.4 Å². The maximum atomic E-state index is 12.3. The Morgan fingerprint density at radius 3 is 2.42 bits per heavy atom. The highest BCUT2D eigenvalue weighted by Crippen LogP contribution is 2.26. The molecule has 0 radical (unpaired) electrons. The maximum Gasteiger partial charge on any atom is 0.240 e. The number of aryl methyl sites for hydroxylation is 2. The van der Waals surface area contributed by atoms with Crippen LogP contribution in [0, 0.1) is 13.8 Å². The van der Waals surface area contributed by atoms with Crippen molar-refractivity contribution in [3.8, 4) is 5.75 Å². The molecule has 1 saturated heterocycles. The van der Waals surface area contributed by atoms with Crippen molar-refractivity contribution < 1.29 is 13.2 Å². The first-order chi connectivity index (χ1) is 8.94. The Bertz CT molecular complexity index is 540. The minimum atomic E-state index is -3.46. The Morgan fingerprint density at radius 1 is 1.32 bits per heavy atom. The predicted octanol–water partition coefficient (Wildman–Crippen LogP) is 0.952. The van der Waals surface area contributed by atoms with Gasteiger partial charge in [0, 0.05) is 12.6 Å². The SMILES string of the molecule is COc1c(C)cc(S(=O)(=O)NC2CCNC2)cc1C. The lowest BCUT2D eigenvalue weighted by Gasteiger charge is -2.15. The Labute approximate surface area is 114 Å². The number of sulfonamides is 1. The first-order valence-electron chi connectivity index (χ1n) is 6.32. The van der Waals surface area contributed by atoms with Gasteiger partial charge in [0.15, 0.2) is 0 Å². The van der Waals surface area contributed by atoms with E-state index in [-0.39, 0.29) is 6.04 Å². The Morgan fingerprint density at radius 2 is 1.95 bits per heavy atom. The lowest BCUT2D eigenvalue weighted by Crippen LogP contribution is -2.36. The number of methoxy groups -OCH3 is 1. The van der Waals surface area contributed by atoms with Crippen LogP contribution < -0.4 is 14.8 Å². The molecule has 1 aliphatic heterocycles. The van der Waals surface area contributed by atoms with E-state index in [1.165, 1.54) is 0 Å². The van der Waals surface area contributed by atoms with E-state index in [2.05, 4.69) is 10.0 Å². The number of hydrogen-bond acceptors (Lipinski definition) is 4. The number of benzene rings is 1. The summed E-state index contributed by atoms with van der Waals surface area (Å²) in [5, 5.41) is 3.14. The molecule has 1 fully saturated rings. The third-order valence-electron chi connectivity index (χ3n) is 3.33. The van der Waals surface area contributed by atoms with Crippen LogP contribution in [-0.4, -0.2) is 34.7 Å². The van der Waals surface area contributed by atoms with Crippen molar-refractivity contribution in [1.82, 2.24) is 10.0 Å². The minimum absolute atomic E-state index is 0.0206. The minimum Gasteiger partial charge on any atom is -0.496 e. The molecule has 0 spiro atoms. The fourth-order valence-electron chi connectivity index (χ4n) is 2.43. The number of hydrogen-bond donors (Lipinski definition) is 2. The first-order valence-corrected chi connectivity index (χ1v) is 7.80. The highest BCUT2D eigenvalue weighted by molar-refractivity contribution is 7.89. The van der Waals surface area contributed by atoms with E-state index >= 15 is 0 Å². The van der Waals surface area contributed by atoms with Gasteiger partial charge in [-0.2, -0.15) is 0 Å². The third kappa shape index (κ3) is 3.08. The van der Waals surface area contributed by atoms with E-state index in [0.29, 0.717) is 11.4 Å². The fraction of sp³-hybridized carbons (Fsp3) is 0.538. The molecule has 6 heteroatoms. The van der Waals surface area contributed by atoms with Crippen molar-refractivity contribution in [2.24, 2.45) is 0 Å². The average Bonchev–Trinajstić information content (AvgIpc) is 2.80. The Hall–Kier alpha value is -1.11. The smallest absolute Gasteiger partial charge is 0.240 e. The summed E-state index contributed by atoms with van der Waals surface area (Å²) in [5.41, 5.74) is 1.65. The highest BCUT2D eigenvalue weighted by atomic mass is 32.2. The van der Waals surface area contributed by atoms with Crippen LogP contribution in [-0.2, 0) is 10.0 Å². The molecule has 0 aromatic heterocycles. The molecule has 5 nitrogen and oxygen atoms in total. The molecule has 0 aliphatic carbocycles. The normalized spacial score (nSPS) is 19.6. The van der Waals surface area contributed by atoms with Gasteiger partial charge in [-0.15, -0.1) is 0 Å². The number of nitrogens with one attached hydrogen (secondary N) is 2. The van der Waals surface area contributed by atoms with Crippen LogP contribution in [0.15, 0.2) is 17.0 Å². The van der Waals surface area contributed by atoms with Gasteiger partial charge in [0.25, 0.3) is 0 Å². The van der Waals surface area contributed by atoms with Crippen LogP contribution >= 0.6 is 0 Å². The molecule has 1 atom stereocenters. The van der Waals surface area contributed by atoms with Crippen LogP contribution in [0.25, 0.3) is 0 Å². The van der Waals surface area contributed by atoms with Gasteiger partial charge in [-0.3, -0.25) is 0 Å². The highest BCUT2D eigenvalue weighted by Gasteiger charge is 2.23. The first kappa shape index (κ1) is 14.3. The molecule has 1 unspecified atom stereocenters. The predicted molar refractivity (Wildman–Crippen MR) is 74.1 cm³/mol. The van der Waals surface area contributed by atoms with Crippen molar-refractivity contribution >= 4 is 10.0 Å². The zero-order valence-corrected chi connectivity index (χ0v) is 12.3. The summed E-state index contributed by atoms with van der Waals surface area (Å²) in [7, 11) is -1.87. The van der Waals surface area contributed by atoms with Gasteiger partial charge in [-0.1, -0.05) is 0 Å². The van der Waals surface area contributed by atoms with Gasteiger partial charge in [0.1, 0.15) is 5.75 Å². The van der Waals surface area contributed by atoms with Gasteiger partial charge in [-0.25, -0.2) is 13.1 Å². The average molecular weight is 284 g/mol. The van der Waals surface area contributed by atoms with Crippen molar-refractivity contribution in [2.45, 2.75) is 31.2 Å². The van der Waals surface area contributed by atoms with Gasteiger partial charge in [0.2, 0.25) is 10.0 Å². The van der Waals surface area contributed by atoms with Crippen LogP contribution in [0.3, 0.4) is 0 Å². The van der Waals surface area contributed by atoms with Crippen LogP contribution in [0.2, 0.25) is 0 Å². The number of ether oxygens (including phenoxy) is 1. The van der Waals surface area contributed by atoms with E-state index < -0.39 is 10.0 Å². The zero-order chi connectivity index (χ0) is 14.0. The third-order valence-corrected chi connectivity index (χ3v) is 4.83. The summed E-state index contributed by atoms with van der Waals surface area (Å²) in [5.74, 6) is 0.737. The molecule has 19 heavy (non-hydrogen) atoms. The molecule has 1 heterocycles. The van der Waals surface area contributed by atoms with E-state index in [4.69, 9.17) is 4.74 Å². The van der Waals surface area contributed by atoms with Gasteiger partial charge < -0.3 is 10.1 Å². The molecule has 0 bridgehead atoms. The summed E-state index contributed by atoms with van der Waals surface area (Å²) in [6.07, 6.45) is 0.827. The summed E-state index contributed by atoms with van der Waals surface area (Å²) in [4.78, 5) is 0.301. The molecule has 2 rings (SSSR count). The van der Waals surface area contributed by atoms with Crippen LogP contribution in [0.5, 0.6) is 5.75 Å². The van der Waals surface area contributed by atoms with E-state index in [9.17, 15) is 8.42 Å². The van der Waals surface area contributed by atoms with Crippen molar-refractivity contribution in [1.29, 1.82) is 0 Å². The van der Waals surface area contributed by atoms with Gasteiger partial charge in [-0.05, 0) is 50.1 Å². The molecular formula is C13H20N2O3S. The lowest BCUT2D eigenvalue weighted by molar-refractivity contribution is 0.408. The largest absolute Gasteiger partial charge is 0.496 e. The molecular weight excluding hydrogens is 264 g/mol. The summed E-state index contributed by atoms with van der Waals surface area (Å²) >= 11 is 0. The second-order valence-corrected chi connectivity index (χ2v) is 6.62. The monoisotopic (exact) mass is 284 g/mol. The quantitative estimate of drug-likeness (QED) is 0.864. The molecule has 1 aromatic carbocycles. The Balaban J connectivity index is 2.29. The van der Waals surface area contributed by atoms with Gasteiger partial charge in [0.05, 0.1) is 12.0 Å². The summed E-state index contributed by atoms with van der Waals surface area (Å²) < 4.78 is 32.6. The van der Waals surface area contributed by atoms with E-state index in [1.54, 1.807) is 19.2 Å². The summed E-state index contributed by atoms with van der Waals surface area (Å²) in [6.45, 7) is 5.24. The van der Waals surface area contributed by atoms with Crippen LogP contribution in [0.4, 0.5) is 0 Å². The molecule has 2 N–H and O–H groups in total. The molecule has 0 amide bonds. The summed E-state index contributed by atoms with van der Waals surface area (Å²) in [6, 6.07) is 3.28. The molecule has 1 aromatic rings. The van der Waals surface area contributed by atoms with Gasteiger partial charge >= 0.3 is 0 Å². The maximum absolute atomic E-state index is 12.3. The van der Waals surface area contributed by atoms with Crippen LogP contribution in [0.1, 0.15) is 17.5 Å². The van der Waals surface area contributed by atoms with Crippen molar-refractivity contribution in [3.63, 3.8) is 0 Å². The molecule has 0 saturated carbocycles. The van der Waals surface area contributed by atoms with E-state index in [0.717, 1.165) is 29.8 Å². The fourth-order valence-corrected chi connectivity index (χ4v) is 3.87. The van der Waals surface area contributed by atoms with Crippen molar-refractivity contribution in [2.75, 3.05) is 20.2 Å².